The van der Waals surface area contributed by atoms with Gasteiger partial charge in [0.25, 0.3) is 22.9 Å². The van der Waals surface area contributed by atoms with Gasteiger partial charge in [-0.25, -0.2) is 9.48 Å². The van der Waals surface area contributed by atoms with Crippen LogP contribution in [0.2, 0.25) is 0 Å². The molecule has 458 valence electrons. The summed E-state index contributed by atoms with van der Waals surface area (Å²) >= 11 is 0. The number of halogens is 6. The lowest BCUT2D eigenvalue weighted by molar-refractivity contribution is -0.138. The summed E-state index contributed by atoms with van der Waals surface area (Å²) in [6.07, 6.45) is -5.67. The van der Waals surface area contributed by atoms with Gasteiger partial charge < -0.3 is 50.9 Å². The van der Waals surface area contributed by atoms with Gasteiger partial charge in [-0.2, -0.15) is 42.0 Å². The number of anilines is 1. The maximum atomic E-state index is 14.0. The van der Waals surface area contributed by atoms with Crippen LogP contribution >= 0.6 is 0 Å². The van der Waals surface area contributed by atoms with Crippen molar-refractivity contribution in [3.8, 4) is 40.5 Å². The Balaban J connectivity index is 0.796. The Hall–Kier alpha value is -10.2. The largest absolute Gasteiger partial charge is 0.416 e. The van der Waals surface area contributed by atoms with Gasteiger partial charge in [-0.1, -0.05) is 12.1 Å². The smallest absolute Gasteiger partial charge is 0.377 e. The molecule has 3 heterocycles. The highest BCUT2D eigenvalue weighted by Crippen LogP contribution is 2.34. The zero-order valence-electron chi connectivity index (χ0n) is 47.3. The second-order valence-electron chi connectivity index (χ2n) is 19.0. The molecule has 0 fully saturated rings. The van der Waals surface area contributed by atoms with E-state index < -0.39 is 58.0 Å². The molecule has 7 aromatic rings. The van der Waals surface area contributed by atoms with E-state index in [1.807, 2.05) is 12.1 Å². The zero-order valence-corrected chi connectivity index (χ0v) is 47.3. The molecule has 7 rings (SSSR count). The Bertz CT molecular complexity index is 3870. The first-order valence-electron chi connectivity index (χ1n) is 27.0. The molecule has 4 aromatic carbocycles. The van der Waals surface area contributed by atoms with Crippen LogP contribution in [0, 0.1) is 41.9 Å². The molecule has 0 saturated carbocycles. The first-order chi connectivity index (χ1) is 42.2. The van der Waals surface area contributed by atoms with Crippen molar-refractivity contribution in [2.45, 2.75) is 26.2 Å². The number of nitrogens with one attached hydrogen (secondary N) is 6. The van der Waals surface area contributed by atoms with E-state index in [-0.39, 0.29) is 119 Å². The van der Waals surface area contributed by atoms with Crippen LogP contribution in [0.5, 0.6) is 0 Å². The maximum Gasteiger partial charge on any atom is 0.416 e. The molecule has 27 heteroatoms. The van der Waals surface area contributed by atoms with Crippen molar-refractivity contribution in [2.24, 2.45) is 0 Å². The van der Waals surface area contributed by atoms with Gasteiger partial charge in [0, 0.05) is 77.7 Å². The Morgan fingerprint density at radius 1 is 0.568 bits per heavy atom. The number of nitrogens with zero attached hydrogens (tertiary/aromatic N) is 6. The van der Waals surface area contributed by atoms with Gasteiger partial charge in [-0.05, 0) is 123 Å². The van der Waals surface area contributed by atoms with Crippen LogP contribution in [0.1, 0.15) is 59.9 Å². The first-order valence-corrected chi connectivity index (χ1v) is 27.0. The summed E-state index contributed by atoms with van der Waals surface area (Å²) in [6, 6.07) is 28.8. The fraction of sp³-hybridized carbons (Fsp3) is 0.262. The maximum absolute atomic E-state index is 14.0. The number of alkyl halides is 6. The standard InChI is InChI=1S/C61H58F6N12O9/c1-39-49(53(17-19-68)76-45-13-9-41(37-69)10-14-45)35-51(57(82)77(39)47-7-3-5-43(33-47)60(62,63)64)55(80)71-21-25-85-29-31-87-27-23-73-59(84)74-24-28-88-32-30-86-26-22-72-56(81)52-36-50(54-18-20-75-79(54)46-15-11-42(38-70)12-16-46)40(2)78(58(52)83)48-8-4-6-44(34-48)61(65,66)67/h3-20,33-36,68,76H,21-32H2,1-2H3,(H,71,80)(H,72,81)(H2,73,74,84)/b53-17-,68-19?. The number of nitriles is 2. The summed E-state index contributed by atoms with van der Waals surface area (Å²) in [5.41, 5.74) is -1.46. The van der Waals surface area contributed by atoms with E-state index in [1.165, 1.54) is 54.2 Å². The topological polar surface area (TPSA) is 282 Å². The van der Waals surface area contributed by atoms with Gasteiger partial charge in [-0.3, -0.25) is 28.3 Å². The fourth-order valence-corrected chi connectivity index (χ4v) is 8.83. The van der Waals surface area contributed by atoms with Crippen LogP contribution in [-0.4, -0.2) is 122 Å². The van der Waals surface area contributed by atoms with Crippen molar-refractivity contribution in [3.63, 3.8) is 0 Å². The highest BCUT2D eigenvalue weighted by molar-refractivity contribution is 5.97. The van der Waals surface area contributed by atoms with E-state index in [4.69, 9.17) is 24.4 Å². The van der Waals surface area contributed by atoms with Crippen molar-refractivity contribution >= 4 is 35.4 Å². The molecule has 0 aliphatic rings. The lowest BCUT2D eigenvalue weighted by Crippen LogP contribution is -2.39. The lowest BCUT2D eigenvalue weighted by atomic mass is 10.0. The number of carbonyl (C=O) groups is 3. The second kappa shape index (κ2) is 30.8. The van der Waals surface area contributed by atoms with Crippen molar-refractivity contribution in [2.75, 3.05) is 84.4 Å². The number of benzene rings is 4. The van der Waals surface area contributed by atoms with Gasteiger partial charge >= 0.3 is 18.4 Å². The van der Waals surface area contributed by atoms with E-state index in [0.29, 0.717) is 33.8 Å². The third-order valence-electron chi connectivity index (χ3n) is 13.1. The number of hydrogen-bond donors (Lipinski definition) is 6. The molecule has 3 aromatic heterocycles. The minimum atomic E-state index is -4.73. The third kappa shape index (κ3) is 17.3. The average Bonchev–Trinajstić information content (AvgIpc) is 1.96. The summed E-state index contributed by atoms with van der Waals surface area (Å²) in [6.45, 7) is 3.90. The highest BCUT2D eigenvalue weighted by Gasteiger charge is 2.33. The Morgan fingerprint density at radius 3 is 1.49 bits per heavy atom. The Morgan fingerprint density at radius 2 is 1.02 bits per heavy atom. The lowest BCUT2D eigenvalue weighted by Gasteiger charge is -2.20. The molecule has 0 bridgehead atoms. The van der Waals surface area contributed by atoms with Crippen LogP contribution in [0.25, 0.3) is 34.0 Å². The van der Waals surface area contributed by atoms with Gasteiger partial charge in [-0.15, -0.1) is 0 Å². The second-order valence-corrected chi connectivity index (χ2v) is 19.0. The number of carbonyl (C=O) groups excluding carboxylic acids is 3. The molecule has 0 unspecified atom stereocenters. The van der Waals surface area contributed by atoms with Gasteiger partial charge in [0.2, 0.25) is 0 Å². The number of amides is 4. The minimum Gasteiger partial charge on any atom is -0.377 e. The molecule has 21 nitrogen and oxygen atoms in total. The van der Waals surface area contributed by atoms with Crippen LogP contribution in [0.3, 0.4) is 0 Å². The molecule has 4 amide bonds. The average molecular weight is 1220 g/mol. The number of aromatic nitrogens is 4. The van der Waals surface area contributed by atoms with Crippen LogP contribution < -0.4 is 37.7 Å². The normalized spacial score (nSPS) is 11.5. The quantitative estimate of drug-likeness (QED) is 0.0155. The molecule has 0 atom stereocenters. The van der Waals surface area contributed by atoms with E-state index >= 15 is 0 Å². The van der Waals surface area contributed by atoms with E-state index in [9.17, 15) is 60.8 Å². The van der Waals surface area contributed by atoms with Crippen LogP contribution in [0.4, 0.5) is 36.8 Å². The third-order valence-corrected chi connectivity index (χ3v) is 13.1. The number of ether oxygens (including phenoxy) is 4. The number of rotatable bonds is 28. The molecule has 6 N–H and O–H groups in total. The number of pyridine rings is 2. The molecule has 88 heavy (non-hydrogen) atoms. The summed E-state index contributed by atoms with van der Waals surface area (Å²) in [5, 5.41) is 44.2. The molecular weight excluding hydrogens is 1160 g/mol. The Labute approximate surface area is 499 Å². The van der Waals surface area contributed by atoms with Crippen LogP contribution in [-0.2, 0) is 31.3 Å². The van der Waals surface area contributed by atoms with Crippen LogP contribution in [0.15, 0.2) is 137 Å². The monoisotopic (exact) mass is 1220 g/mol. The van der Waals surface area contributed by atoms with Crippen molar-refractivity contribution < 1.29 is 59.7 Å². The SMILES string of the molecule is Cc1c(/C(=C/C=N)Nc2ccc(C#N)cc2)cc(C(=O)NCCOCCOCCNC(=O)NCCOCCOCCNC(=O)c2cc(-c3ccnn3-c3ccc(C#N)cc3)c(C)n(-c3cccc(C(F)(F)F)c3)c2=O)c(=O)n1-c1cccc(C(F)(F)F)c1. The number of urea groups is 1. The molecule has 0 saturated heterocycles. The Kier molecular flexibility index (Phi) is 22.8. The number of allylic oxidation sites excluding steroid dienone is 1. The van der Waals surface area contributed by atoms with E-state index in [2.05, 4.69) is 31.7 Å². The molecule has 0 aliphatic carbocycles. The van der Waals surface area contributed by atoms with Crippen molar-refractivity contribution in [1.29, 1.82) is 15.9 Å². The van der Waals surface area contributed by atoms with Crippen molar-refractivity contribution in [1.82, 2.24) is 40.2 Å². The predicted octanol–water partition coefficient (Wildman–Crippen LogP) is 7.87. The van der Waals surface area contributed by atoms with E-state index in [0.717, 1.165) is 45.7 Å². The molecule has 0 aliphatic heterocycles. The highest BCUT2D eigenvalue weighted by atomic mass is 19.4. The molecule has 0 radical (unpaired) electrons. The zero-order chi connectivity index (χ0) is 63.4. The summed E-state index contributed by atoms with van der Waals surface area (Å²) in [4.78, 5) is 67.4. The van der Waals surface area contributed by atoms with Gasteiger partial charge in [0.15, 0.2) is 0 Å². The minimum absolute atomic E-state index is 0.00395. The van der Waals surface area contributed by atoms with Gasteiger partial charge in [0.05, 0.1) is 105 Å². The predicted molar refractivity (Wildman–Crippen MR) is 312 cm³/mol. The summed E-state index contributed by atoms with van der Waals surface area (Å²) in [7, 11) is 0. The summed E-state index contributed by atoms with van der Waals surface area (Å²) < 4.78 is 108. The first kappa shape index (κ1) is 65.4. The van der Waals surface area contributed by atoms with E-state index in [1.54, 1.807) is 61.5 Å². The molecule has 0 spiro atoms. The van der Waals surface area contributed by atoms with Crippen molar-refractivity contribution in [3.05, 3.63) is 199 Å². The summed E-state index contributed by atoms with van der Waals surface area (Å²) in [5.74, 6) is -1.65. The van der Waals surface area contributed by atoms with Gasteiger partial charge in [0.1, 0.15) is 11.1 Å². The molecular formula is C61H58F6N12O9. The number of hydrogen-bond acceptors (Lipinski definition) is 14. The fourth-order valence-electron chi connectivity index (χ4n) is 8.83.